The molecule has 120 valence electrons. The van der Waals surface area contributed by atoms with Gasteiger partial charge in [-0.05, 0) is 11.4 Å². The number of aliphatic carboxylic acids is 1. The molecular weight excluding hydrogens is 340 g/mol. The molecule has 3 rings (SSSR count). The highest BCUT2D eigenvalue weighted by atomic mass is 32.2. The number of carboxylic acids is 1. The molecule has 1 aromatic heterocycles. The van der Waals surface area contributed by atoms with Crippen LogP contribution in [0.15, 0.2) is 28.8 Å². The Labute approximate surface area is 139 Å². The van der Waals surface area contributed by atoms with Crippen molar-refractivity contribution in [3.63, 3.8) is 0 Å². The van der Waals surface area contributed by atoms with Gasteiger partial charge in [0.05, 0.1) is 6.42 Å². The van der Waals surface area contributed by atoms with Gasteiger partial charge < -0.3 is 10.4 Å². The predicted molar refractivity (Wildman–Crippen MR) is 83.8 cm³/mol. The average Bonchev–Trinajstić information content (AvgIpc) is 3.03. The molecule has 23 heavy (non-hydrogen) atoms. The lowest BCUT2D eigenvalue weighted by atomic mass is 10.0. The van der Waals surface area contributed by atoms with Gasteiger partial charge >= 0.3 is 5.97 Å². The number of thiophene rings is 1. The summed E-state index contributed by atoms with van der Waals surface area (Å²) in [5, 5.41) is 13.2. The average molecular weight is 352 g/mol. The van der Waals surface area contributed by atoms with Crippen molar-refractivity contribution in [3.8, 4) is 0 Å². The number of aldehydes is 1. The van der Waals surface area contributed by atoms with Crippen LogP contribution in [0.2, 0.25) is 0 Å². The molecule has 3 heterocycles. The van der Waals surface area contributed by atoms with Gasteiger partial charge in [-0.25, -0.2) is 4.79 Å². The van der Waals surface area contributed by atoms with E-state index in [4.69, 9.17) is 0 Å². The molecule has 1 fully saturated rings. The molecular formula is C14H12N2O5S2. The largest absolute Gasteiger partial charge is 0.477 e. The molecule has 0 bridgehead atoms. The van der Waals surface area contributed by atoms with Gasteiger partial charge in [-0.1, -0.05) is 6.07 Å². The zero-order valence-electron chi connectivity index (χ0n) is 11.7. The van der Waals surface area contributed by atoms with Crippen LogP contribution in [0, 0.1) is 0 Å². The molecule has 1 saturated heterocycles. The topological polar surface area (TPSA) is 104 Å². The minimum absolute atomic E-state index is 0.0791. The van der Waals surface area contributed by atoms with E-state index in [9.17, 15) is 24.3 Å². The quantitative estimate of drug-likeness (QED) is 0.581. The number of β-lactam (4-membered cyclic amide) rings is 1. The molecule has 9 heteroatoms. The third kappa shape index (κ3) is 2.77. The highest BCUT2D eigenvalue weighted by Gasteiger charge is 2.54. The third-order valence-electron chi connectivity index (χ3n) is 3.57. The summed E-state index contributed by atoms with van der Waals surface area (Å²) in [6.45, 7) is 0. The third-order valence-corrected chi connectivity index (χ3v) is 5.75. The molecule has 0 radical (unpaired) electrons. The fourth-order valence-electron chi connectivity index (χ4n) is 2.53. The van der Waals surface area contributed by atoms with Gasteiger partial charge in [0, 0.05) is 16.2 Å². The van der Waals surface area contributed by atoms with Crippen LogP contribution in [0.4, 0.5) is 0 Å². The Morgan fingerprint density at radius 1 is 1.48 bits per heavy atom. The fraction of sp³-hybridized carbons (Fsp3) is 0.286. The van der Waals surface area contributed by atoms with Crippen molar-refractivity contribution in [2.75, 3.05) is 5.75 Å². The summed E-state index contributed by atoms with van der Waals surface area (Å²) in [5.41, 5.74) is -0.201. The maximum Gasteiger partial charge on any atom is 0.353 e. The number of nitrogens with one attached hydrogen (secondary N) is 1. The molecule has 0 saturated carbocycles. The van der Waals surface area contributed by atoms with Crippen molar-refractivity contribution in [1.82, 2.24) is 10.2 Å². The lowest BCUT2D eigenvalue weighted by Gasteiger charge is -2.49. The first-order valence-electron chi connectivity index (χ1n) is 6.71. The first-order chi connectivity index (χ1) is 11.0. The van der Waals surface area contributed by atoms with E-state index in [2.05, 4.69) is 5.32 Å². The van der Waals surface area contributed by atoms with Gasteiger partial charge in [0.25, 0.3) is 5.91 Å². The zero-order chi connectivity index (χ0) is 16.6. The molecule has 2 aliphatic rings. The van der Waals surface area contributed by atoms with Gasteiger partial charge in [-0.15, -0.1) is 23.1 Å². The van der Waals surface area contributed by atoms with Crippen molar-refractivity contribution < 1.29 is 24.3 Å². The van der Waals surface area contributed by atoms with E-state index >= 15 is 0 Å². The number of hydrogen-bond donors (Lipinski definition) is 2. The van der Waals surface area contributed by atoms with Gasteiger partial charge in [-0.3, -0.25) is 19.3 Å². The van der Waals surface area contributed by atoms with Crippen LogP contribution in [0.5, 0.6) is 0 Å². The van der Waals surface area contributed by atoms with Crippen molar-refractivity contribution >= 4 is 47.2 Å². The van der Waals surface area contributed by atoms with E-state index in [0.717, 1.165) is 9.78 Å². The smallest absolute Gasteiger partial charge is 0.353 e. The minimum atomic E-state index is -1.31. The van der Waals surface area contributed by atoms with E-state index < -0.39 is 23.3 Å². The Morgan fingerprint density at radius 2 is 2.26 bits per heavy atom. The summed E-state index contributed by atoms with van der Waals surface area (Å²) in [6, 6.07) is 2.91. The SMILES string of the molecule is O=CC1=C(C(=O)O)N2C(=O)[C@@H](NC(=O)Cc3cccs3)[C@@H]2SC1. The lowest BCUT2D eigenvalue weighted by Crippen LogP contribution is -2.70. The number of thioether (sulfide) groups is 1. The molecule has 0 aliphatic carbocycles. The number of amides is 2. The number of carbonyl (C=O) groups is 4. The zero-order valence-corrected chi connectivity index (χ0v) is 13.4. The van der Waals surface area contributed by atoms with Crippen LogP contribution in [0.1, 0.15) is 4.88 Å². The van der Waals surface area contributed by atoms with Crippen molar-refractivity contribution in [3.05, 3.63) is 33.7 Å². The first kappa shape index (κ1) is 15.8. The number of fused-ring (bicyclic) bond motifs is 1. The van der Waals surface area contributed by atoms with Crippen LogP contribution < -0.4 is 5.32 Å². The Bertz CT molecular complexity index is 713. The highest BCUT2D eigenvalue weighted by molar-refractivity contribution is 8.00. The van der Waals surface area contributed by atoms with Gasteiger partial charge in [-0.2, -0.15) is 0 Å². The van der Waals surface area contributed by atoms with Crippen LogP contribution >= 0.6 is 23.1 Å². The van der Waals surface area contributed by atoms with Gasteiger partial charge in [0.1, 0.15) is 23.4 Å². The Morgan fingerprint density at radius 3 is 2.87 bits per heavy atom. The first-order valence-corrected chi connectivity index (χ1v) is 8.64. The molecule has 0 aromatic carbocycles. The molecule has 0 unspecified atom stereocenters. The van der Waals surface area contributed by atoms with Crippen LogP contribution in [0.25, 0.3) is 0 Å². The van der Waals surface area contributed by atoms with Crippen LogP contribution in [-0.4, -0.2) is 51.2 Å². The summed E-state index contributed by atoms with van der Waals surface area (Å²) >= 11 is 2.72. The van der Waals surface area contributed by atoms with Crippen LogP contribution in [0.3, 0.4) is 0 Å². The maximum absolute atomic E-state index is 12.2. The van der Waals surface area contributed by atoms with Gasteiger partial charge in [0.2, 0.25) is 5.91 Å². The van der Waals surface area contributed by atoms with E-state index in [1.807, 2.05) is 17.5 Å². The maximum atomic E-state index is 12.2. The van der Waals surface area contributed by atoms with E-state index in [-0.39, 0.29) is 29.4 Å². The van der Waals surface area contributed by atoms with E-state index in [1.54, 1.807) is 0 Å². The van der Waals surface area contributed by atoms with Crippen molar-refractivity contribution in [2.24, 2.45) is 0 Å². The Balaban J connectivity index is 1.71. The number of hydrogen-bond acceptors (Lipinski definition) is 6. The number of nitrogens with zero attached hydrogens (tertiary/aromatic N) is 1. The lowest BCUT2D eigenvalue weighted by molar-refractivity contribution is -0.150. The van der Waals surface area contributed by atoms with Crippen molar-refractivity contribution in [1.29, 1.82) is 0 Å². The van der Waals surface area contributed by atoms with E-state index in [1.165, 1.54) is 23.1 Å². The summed E-state index contributed by atoms with van der Waals surface area (Å²) in [4.78, 5) is 48.4. The second-order valence-electron chi connectivity index (χ2n) is 5.01. The normalized spacial score (nSPS) is 23.1. The number of carbonyl (C=O) groups excluding carboxylic acids is 3. The Hall–Kier alpha value is -2.13. The molecule has 0 spiro atoms. The molecule has 2 atom stereocenters. The molecule has 1 aromatic rings. The number of rotatable bonds is 5. The summed E-state index contributed by atoms with van der Waals surface area (Å²) in [5.74, 6) is -1.89. The molecule has 7 nitrogen and oxygen atoms in total. The summed E-state index contributed by atoms with van der Waals surface area (Å²) in [7, 11) is 0. The Kier molecular flexibility index (Phi) is 4.22. The molecule has 2 N–H and O–H groups in total. The second kappa shape index (κ2) is 6.17. The predicted octanol–water partition coefficient (Wildman–Crippen LogP) is 0.228. The highest BCUT2D eigenvalue weighted by Crippen LogP contribution is 2.39. The fourth-order valence-corrected chi connectivity index (χ4v) is 4.52. The van der Waals surface area contributed by atoms with Gasteiger partial charge in [0.15, 0.2) is 0 Å². The summed E-state index contributed by atoms with van der Waals surface area (Å²) < 4.78 is 0. The molecule has 2 aliphatic heterocycles. The standard InChI is InChI=1S/C14H12N2O5S2/c17-5-7-6-23-13-10(12(19)16(13)11(7)14(20)21)15-9(18)4-8-2-1-3-22-8/h1-3,5,10,13H,4,6H2,(H,15,18)(H,20,21)/t10-,13+/m1/s1. The second-order valence-corrected chi connectivity index (χ2v) is 7.15. The monoisotopic (exact) mass is 352 g/mol. The molecule has 2 amide bonds. The summed E-state index contributed by atoms with van der Waals surface area (Å²) in [6.07, 6.45) is 0.642. The minimum Gasteiger partial charge on any atom is -0.477 e. The van der Waals surface area contributed by atoms with E-state index in [0.29, 0.717) is 6.29 Å². The van der Waals surface area contributed by atoms with Crippen LogP contribution in [-0.2, 0) is 25.6 Å². The van der Waals surface area contributed by atoms with Crippen molar-refractivity contribution in [2.45, 2.75) is 17.8 Å². The number of carboxylic acid groups (broad SMARTS) is 1.